The molecule has 0 aliphatic carbocycles. The van der Waals surface area contributed by atoms with Crippen LogP contribution in [0.2, 0.25) is 0 Å². The van der Waals surface area contributed by atoms with Crippen LogP contribution in [0.15, 0.2) is 34.1 Å². The molecule has 2 radical (unpaired) electrons. The summed E-state index contributed by atoms with van der Waals surface area (Å²) in [5.74, 6) is -0.0332. The molecule has 134 valence electrons. The molecule has 2 rings (SSSR count). The molecule has 6 nitrogen and oxygen atoms in total. The van der Waals surface area contributed by atoms with E-state index >= 15 is 0 Å². The topological polar surface area (TPSA) is 109 Å². The van der Waals surface area contributed by atoms with Crippen LogP contribution in [0.3, 0.4) is 0 Å². The van der Waals surface area contributed by atoms with Crippen molar-refractivity contribution in [2.24, 2.45) is 0 Å². The molecule has 2 aromatic carbocycles. The van der Waals surface area contributed by atoms with E-state index in [4.69, 9.17) is 0 Å². The zero-order valence-corrected chi connectivity index (χ0v) is 21.4. The molecule has 2 aromatic rings. The molecular weight excluding hydrogens is 398 g/mol. The Morgan fingerprint density at radius 2 is 0.962 bits per heavy atom. The number of benzene rings is 2. The standard InChI is InChI=1S/C16H20O6S2.2Na/c1-9(2)11-5-7-13(23(17,18)19)16-14(24(20,21)22)8-6-12(10(3)4)15(11)16;;/h5-10H,1-4H3,(H,17,18,19)(H,20,21,22);;. The molecule has 0 heterocycles. The Morgan fingerprint density at radius 3 is 1.19 bits per heavy atom. The molecule has 0 aliphatic rings. The van der Waals surface area contributed by atoms with Gasteiger partial charge in [-0.1, -0.05) is 39.8 Å². The van der Waals surface area contributed by atoms with Crippen molar-refractivity contribution in [3.63, 3.8) is 0 Å². The van der Waals surface area contributed by atoms with Crippen LogP contribution in [-0.4, -0.2) is 85.1 Å². The van der Waals surface area contributed by atoms with E-state index in [1.54, 1.807) is 12.1 Å². The first-order valence-electron chi connectivity index (χ1n) is 7.40. The molecule has 10 heteroatoms. The predicted molar refractivity (Wildman–Crippen MR) is 103 cm³/mol. The summed E-state index contributed by atoms with van der Waals surface area (Å²) in [5, 5.41) is 0.266. The molecule has 0 spiro atoms. The van der Waals surface area contributed by atoms with E-state index in [0.29, 0.717) is 5.39 Å². The summed E-state index contributed by atoms with van der Waals surface area (Å²) in [6.07, 6.45) is 0. The van der Waals surface area contributed by atoms with E-state index in [0.717, 1.165) is 11.1 Å². The average molecular weight is 418 g/mol. The van der Waals surface area contributed by atoms with Crippen molar-refractivity contribution in [1.29, 1.82) is 0 Å². The van der Waals surface area contributed by atoms with E-state index in [1.807, 2.05) is 27.7 Å². The zero-order valence-electron chi connectivity index (χ0n) is 15.8. The molecule has 0 bridgehead atoms. The van der Waals surface area contributed by atoms with Crippen LogP contribution >= 0.6 is 0 Å². The molecule has 0 amide bonds. The first kappa shape index (κ1) is 26.5. The zero-order chi connectivity index (χ0) is 18.4. The van der Waals surface area contributed by atoms with Gasteiger partial charge in [-0.15, -0.1) is 0 Å². The molecule has 0 saturated heterocycles. The van der Waals surface area contributed by atoms with Gasteiger partial charge in [0.15, 0.2) is 0 Å². The minimum absolute atomic E-state index is 0. The summed E-state index contributed by atoms with van der Waals surface area (Å²) in [6, 6.07) is 5.48. The van der Waals surface area contributed by atoms with Gasteiger partial charge in [-0.05, 0) is 40.5 Å². The van der Waals surface area contributed by atoms with E-state index in [9.17, 15) is 25.9 Å². The maximum absolute atomic E-state index is 11.8. The van der Waals surface area contributed by atoms with Gasteiger partial charge < -0.3 is 0 Å². The van der Waals surface area contributed by atoms with Crippen molar-refractivity contribution in [2.75, 3.05) is 0 Å². The fourth-order valence-electron chi connectivity index (χ4n) is 2.88. The van der Waals surface area contributed by atoms with E-state index in [-0.39, 0.29) is 76.3 Å². The Balaban J connectivity index is 0.00000312. The van der Waals surface area contributed by atoms with Crippen molar-refractivity contribution in [3.05, 3.63) is 35.4 Å². The second-order valence-corrected chi connectivity index (χ2v) is 9.10. The normalized spacial score (nSPS) is 12.2. The van der Waals surface area contributed by atoms with Crippen molar-refractivity contribution in [3.8, 4) is 0 Å². The average Bonchev–Trinajstić information content (AvgIpc) is 2.42. The van der Waals surface area contributed by atoms with Gasteiger partial charge in [-0.2, -0.15) is 16.8 Å². The second-order valence-electron chi connectivity index (χ2n) is 6.32. The second kappa shape index (κ2) is 9.35. The molecule has 0 unspecified atom stereocenters. The van der Waals surface area contributed by atoms with Crippen LogP contribution in [0.5, 0.6) is 0 Å². The van der Waals surface area contributed by atoms with Gasteiger partial charge in [-0.25, -0.2) is 0 Å². The van der Waals surface area contributed by atoms with Crippen LogP contribution in [0.1, 0.15) is 50.7 Å². The van der Waals surface area contributed by atoms with Crippen molar-refractivity contribution in [2.45, 2.75) is 49.3 Å². The number of rotatable bonds is 4. The molecule has 0 aromatic heterocycles. The smallest absolute Gasteiger partial charge is 0.282 e. The number of hydrogen-bond acceptors (Lipinski definition) is 4. The van der Waals surface area contributed by atoms with Gasteiger partial charge in [-0.3, -0.25) is 9.11 Å². The van der Waals surface area contributed by atoms with Crippen LogP contribution in [0.25, 0.3) is 10.8 Å². The fraction of sp³-hybridized carbons (Fsp3) is 0.375. The van der Waals surface area contributed by atoms with Gasteiger partial charge in [0, 0.05) is 64.5 Å². The largest absolute Gasteiger partial charge is 0.295 e. The third kappa shape index (κ3) is 5.31. The Bertz CT molecular complexity index is 934. The van der Waals surface area contributed by atoms with Crippen LogP contribution < -0.4 is 0 Å². The molecule has 2 N–H and O–H groups in total. The summed E-state index contributed by atoms with van der Waals surface area (Å²) in [5.41, 5.74) is 1.48. The quantitative estimate of drug-likeness (QED) is 0.584. The molecule has 0 aliphatic heterocycles. The molecular formula is C16H20Na2O6S2. The third-order valence-corrected chi connectivity index (χ3v) is 5.74. The Kier molecular flexibility index (Phi) is 9.53. The summed E-state index contributed by atoms with van der Waals surface area (Å²) in [6.45, 7) is 7.58. The van der Waals surface area contributed by atoms with Crippen molar-refractivity contribution < 1.29 is 25.9 Å². The van der Waals surface area contributed by atoms with E-state index in [1.165, 1.54) is 12.1 Å². The Labute approximate surface area is 198 Å². The molecule has 26 heavy (non-hydrogen) atoms. The Hall–Kier alpha value is 0.520. The minimum atomic E-state index is -4.67. The fourth-order valence-corrected chi connectivity index (χ4v) is 4.36. The number of hydrogen-bond donors (Lipinski definition) is 2. The molecule has 0 saturated carbocycles. The van der Waals surface area contributed by atoms with E-state index < -0.39 is 30.0 Å². The first-order valence-corrected chi connectivity index (χ1v) is 10.3. The van der Waals surface area contributed by atoms with Crippen LogP contribution in [-0.2, 0) is 20.2 Å². The van der Waals surface area contributed by atoms with Crippen LogP contribution in [0.4, 0.5) is 0 Å². The monoisotopic (exact) mass is 418 g/mol. The summed E-state index contributed by atoms with van der Waals surface area (Å²) < 4.78 is 66.1. The molecule has 0 fully saturated rings. The molecule has 0 atom stereocenters. The summed E-state index contributed by atoms with van der Waals surface area (Å²) >= 11 is 0. The maximum Gasteiger partial charge on any atom is 0.295 e. The summed E-state index contributed by atoms with van der Waals surface area (Å²) in [4.78, 5) is -1.06. The van der Waals surface area contributed by atoms with Crippen molar-refractivity contribution in [1.82, 2.24) is 0 Å². The van der Waals surface area contributed by atoms with Crippen LogP contribution in [0, 0.1) is 0 Å². The first-order chi connectivity index (χ1) is 10.9. The van der Waals surface area contributed by atoms with E-state index in [2.05, 4.69) is 0 Å². The van der Waals surface area contributed by atoms with Gasteiger partial charge in [0.1, 0.15) is 9.79 Å². The maximum atomic E-state index is 11.8. The number of fused-ring (bicyclic) bond motifs is 1. The van der Waals surface area contributed by atoms with Gasteiger partial charge >= 0.3 is 0 Å². The van der Waals surface area contributed by atoms with Gasteiger partial charge in [0.2, 0.25) is 0 Å². The minimum Gasteiger partial charge on any atom is -0.282 e. The van der Waals surface area contributed by atoms with Crippen molar-refractivity contribution >= 4 is 90.1 Å². The summed E-state index contributed by atoms with van der Waals surface area (Å²) in [7, 11) is -9.35. The van der Waals surface area contributed by atoms with Gasteiger partial charge in [0.05, 0.1) is 0 Å². The predicted octanol–water partition coefficient (Wildman–Crippen LogP) is 2.82. The SMILES string of the molecule is CC(C)c1ccc(S(=O)(=O)O)c2c(S(=O)(=O)O)ccc(C(C)C)c12.[Na].[Na]. The van der Waals surface area contributed by atoms with Gasteiger partial charge in [0.25, 0.3) is 20.2 Å². The third-order valence-electron chi connectivity index (χ3n) is 3.95. The Morgan fingerprint density at radius 1 is 0.654 bits per heavy atom.